The molecule has 18 heavy (non-hydrogen) atoms. The predicted octanol–water partition coefficient (Wildman–Crippen LogP) is 3.12. The van der Waals surface area contributed by atoms with Crippen LogP contribution in [0.1, 0.15) is 13.3 Å². The summed E-state index contributed by atoms with van der Waals surface area (Å²) >= 11 is 0. The van der Waals surface area contributed by atoms with Gasteiger partial charge in [-0.1, -0.05) is 19.1 Å². The molecule has 2 N–H and O–H groups in total. The minimum atomic E-state index is -4.79. The van der Waals surface area contributed by atoms with Gasteiger partial charge in [-0.15, -0.1) is 13.2 Å². The van der Waals surface area contributed by atoms with Crippen LogP contribution in [0.25, 0.3) is 0 Å². The number of benzene rings is 1. The van der Waals surface area contributed by atoms with Crippen LogP contribution in [0, 0.1) is 0 Å². The molecule has 0 atom stereocenters. The Hall–Kier alpha value is -1.92. The maximum Gasteiger partial charge on any atom is 0.573 e. The molecule has 1 aromatic carbocycles. The van der Waals surface area contributed by atoms with Gasteiger partial charge in [0.1, 0.15) is 0 Å². The van der Waals surface area contributed by atoms with Crippen molar-refractivity contribution in [3.8, 4) is 5.75 Å². The molecule has 0 saturated carbocycles. The van der Waals surface area contributed by atoms with Crippen LogP contribution in [0.15, 0.2) is 24.3 Å². The third-order valence-corrected chi connectivity index (χ3v) is 1.90. The van der Waals surface area contributed by atoms with Crippen molar-refractivity contribution in [2.24, 2.45) is 0 Å². The quantitative estimate of drug-likeness (QED) is 0.875. The molecule has 0 saturated heterocycles. The lowest BCUT2D eigenvalue weighted by atomic mass is 10.3. The maximum atomic E-state index is 12.1. The first kappa shape index (κ1) is 14.1. The lowest BCUT2D eigenvalue weighted by Crippen LogP contribution is -2.29. The Kier molecular flexibility index (Phi) is 4.82. The van der Waals surface area contributed by atoms with E-state index >= 15 is 0 Å². The number of ether oxygens (including phenoxy) is 1. The summed E-state index contributed by atoms with van der Waals surface area (Å²) < 4.78 is 40.1. The average Bonchev–Trinajstić information content (AvgIpc) is 2.27. The van der Waals surface area contributed by atoms with E-state index in [1.165, 1.54) is 18.2 Å². The minimum Gasteiger partial charge on any atom is -0.404 e. The van der Waals surface area contributed by atoms with Crippen molar-refractivity contribution in [1.82, 2.24) is 5.32 Å². The highest BCUT2D eigenvalue weighted by molar-refractivity contribution is 5.90. The third kappa shape index (κ3) is 4.94. The molecule has 4 nitrogen and oxygen atoms in total. The maximum absolute atomic E-state index is 12.1. The average molecular weight is 262 g/mol. The van der Waals surface area contributed by atoms with Gasteiger partial charge in [0.2, 0.25) is 0 Å². The van der Waals surface area contributed by atoms with E-state index in [0.717, 1.165) is 12.5 Å². The molecular formula is C11H13F3N2O2. The fourth-order valence-electron chi connectivity index (χ4n) is 1.19. The van der Waals surface area contributed by atoms with Crippen LogP contribution in [0.3, 0.4) is 0 Å². The smallest absolute Gasteiger partial charge is 0.404 e. The highest BCUT2D eigenvalue weighted by Gasteiger charge is 2.32. The lowest BCUT2D eigenvalue weighted by molar-refractivity contribution is -0.274. The highest BCUT2D eigenvalue weighted by atomic mass is 19.4. The molecule has 0 heterocycles. The zero-order valence-electron chi connectivity index (χ0n) is 9.67. The molecule has 2 amide bonds. The molecule has 0 aliphatic heterocycles. The number of amides is 2. The van der Waals surface area contributed by atoms with Crippen molar-refractivity contribution in [1.29, 1.82) is 0 Å². The van der Waals surface area contributed by atoms with Crippen molar-refractivity contribution < 1.29 is 22.7 Å². The molecule has 0 aromatic heterocycles. The summed E-state index contributed by atoms with van der Waals surface area (Å²) in [5.74, 6) is -0.448. The van der Waals surface area contributed by atoms with E-state index in [2.05, 4.69) is 15.4 Å². The van der Waals surface area contributed by atoms with E-state index < -0.39 is 18.1 Å². The molecule has 0 unspecified atom stereocenters. The van der Waals surface area contributed by atoms with Gasteiger partial charge in [0.15, 0.2) is 5.75 Å². The van der Waals surface area contributed by atoms with Crippen LogP contribution in [0.4, 0.5) is 23.7 Å². The van der Waals surface area contributed by atoms with Crippen LogP contribution < -0.4 is 15.4 Å². The molecule has 0 spiro atoms. The van der Waals surface area contributed by atoms with E-state index in [1.54, 1.807) is 0 Å². The van der Waals surface area contributed by atoms with Gasteiger partial charge in [0.25, 0.3) is 0 Å². The second kappa shape index (κ2) is 6.13. The van der Waals surface area contributed by atoms with Crippen LogP contribution in [0.2, 0.25) is 0 Å². The monoisotopic (exact) mass is 262 g/mol. The van der Waals surface area contributed by atoms with Gasteiger partial charge in [0, 0.05) is 6.54 Å². The number of nitrogens with one attached hydrogen (secondary N) is 2. The summed E-state index contributed by atoms with van der Waals surface area (Å²) in [6.07, 6.45) is -4.06. The Morgan fingerprint density at radius 3 is 2.61 bits per heavy atom. The largest absolute Gasteiger partial charge is 0.573 e. The molecule has 0 fully saturated rings. The number of urea groups is 1. The zero-order valence-corrected chi connectivity index (χ0v) is 9.67. The minimum absolute atomic E-state index is 0.0385. The number of halogens is 3. The van der Waals surface area contributed by atoms with Crippen LogP contribution in [0.5, 0.6) is 5.75 Å². The van der Waals surface area contributed by atoms with Gasteiger partial charge in [-0.2, -0.15) is 0 Å². The number of anilines is 1. The summed E-state index contributed by atoms with van der Waals surface area (Å²) in [5.41, 5.74) is -0.0385. The standard InChI is InChI=1S/C11H13F3N2O2/c1-2-7-15-10(17)16-8-5-3-4-6-9(8)18-11(12,13)14/h3-6H,2,7H2,1H3,(H2,15,16,17). The SMILES string of the molecule is CCCNC(=O)Nc1ccccc1OC(F)(F)F. The van der Waals surface area contributed by atoms with Crippen molar-refractivity contribution in [2.45, 2.75) is 19.7 Å². The van der Waals surface area contributed by atoms with E-state index in [9.17, 15) is 18.0 Å². The van der Waals surface area contributed by atoms with Crippen LogP contribution >= 0.6 is 0 Å². The molecule has 0 aliphatic carbocycles. The molecule has 1 aromatic rings. The van der Waals surface area contributed by atoms with Crippen LogP contribution in [-0.4, -0.2) is 18.9 Å². The second-order valence-corrected chi connectivity index (χ2v) is 3.42. The summed E-state index contributed by atoms with van der Waals surface area (Å²) in [5, 5.41) is 4.78. The Morgan fingerprint density at radius 1 is 1.33 bits per heavy atom. The first-order valence-corrected chi connectivity index (χ1v) is 5.32. The number of hydrogen-bond acceptors (Lipinski definition) is 2. The van der Waals surface area contributed by atoms with Crippen molar-refractivity contribution in [3.63, 3.8) is 0 Å². The Bertz CT molecular complexity index is 408. The van der Waals surface area contributed by atoms with Gasteiger partial charge in [-0.25, -0.2) is 4.79 Å². The predicted molar refractivity (Wildman–Crippen MR) is 60.4 cm³/mol. The van der Waals surface area contributed by atoms with E-state index in [-0.39, 0.29) is 5.69 Å². The van der Waals surface area contributed by atoms with Crippen LogP contribution in [-0.2, 0) is 0 Å². The molecule has 0 aliphatic rings. The highest BCUT2D eigenvalue weighted by Crippen LogP contribution is 2.29. The topological polar surface area (TPSA) is 50.4 Å². The molecule has 0 bridgehead atoms. The zero-order chi connectivity index (χ0) is 13.6. The van der Waals surface area contributed by atoms with Crippen molar-refractivity contribution in [2.75, 3.05) is 11.9 Å². The fourth-order valence-corrected chi connectivity index (χ4v) is 1.19. The number of rotatable bonds is 4. The molecule has 100 valence electrons. The van der Waals surface area contributed by atoms with Gasteiger partial charge in [-0.3, -0.25) is 0 Å². The fraction of sp³-hybridized carbons (Fsp3) is 0.364. The van der Waals surface area contributed by atoms with E-state index in [0.29, 0.717) is 6.54 Å². The number of carbonyl (C=O) groups is 1. The summed E-state index contributed by atoms with van der Waals surface area (Å²) in [6, 6.07) is 4.76. The Morgan fingerprint density at radius 2 is 2.00 bits per heavy atom. The number of carbonyl (C=O) groups excluding carboxylic acids is 1. The van der Waals surface area contributed by atoms with Gasteiger partial charge in [0.05, 0.1) is 5.69 Å². The molecule has 0 radical (unpaired) electrons. The first-order chi connectivity index (χ1) is 8.42. The third-order valence-electron chi connectivity index (χ3n) is 1.90. The van der Waals surface area contributed by atoms with Gasteiger partial charge >= 0.3 is 12.4 Å². The lowest BCUT2D eigenvalue weighted by Gasteiger charge is -2.14. The molecule has 1 rings (SSSR count). The number of para-hydroxylation sites is 2. The molecular weight excluding hydrogens is 249 g/mol. The van der Waals surface area contributed by atoms with E-state index in [4.69, 9.17) is 0 Å². The van der Waals surface area contributed by atoms with Crippen molar-refractivity contribution >= 4 is 11.7 Å². The normalized spacial score (nSPS) is 10.9. The number of hydrogen-bond donors (Lipinski definition) is 2. The summed E-state index contributed by atoms with van der Waals surface area (Å²) in [4.78, 5) is 11.3. The van der Waals surface area contributed by atoms with Gasteiger partial charge < -0.3 is 15.4 Å². The molecule has 7 heteroatoms. The Labute approximate surface area is 102 Å². The van der Waals surface area contributed by atoms with Crippen molar-refractivity contribution in [3.05, 3.63) is 24.3 Å². The second-order valence-electron chi connectivity index (χ2n) is 3.42. The van der Waals surface area contributed by atoms with Gasteiger partial charge in [-0.05, 0) is 18.6 Å². The van der Waals surface area contributed by atoms with E-state index in [1.807, 2.05) is 6.92 Å². The first-order valence-electron chi connectivity index (χ1n) is 5.32. The Balaban J connectivity index is 2.73. The number of alkyl halides is 3. The summed E-state index contributed by atoms with van der Waals surface area (Å²) in [7, 11) is 0. The summed E-state index contributed by atoms with van der Waals surface area (Å²) in [6.45, 7) is 2.30.